The van der Waals surface area contributed by atoms with Crippen molar-refractivity contribution in [3.05, 3.63) is 29.8 Å². The second kappa shape index (κ2) is 7.71. The lowest BCUT2D eigenvalue weighted by molar-refractivity contribution is -0.120. The van der Waals surface area contributed by atoms with Crippen LogP contribution in [0.2, 0.25) is 0 Å². The summed E-state index contributed by atoms with van der Waals surface area (Å²) in [6.45, 7) is 5.93. The number of carbonyl (C=O) groups excluding carboxylic acids is 1. The van der Waals surface area contributed by atoms with Gasteiger partial charge in [-0.3, -0.25) is 4.79 Å². The zero-order valence-electron chi connectivity index (χ0n) is 11.0. The van der Waals surface area contributed by atoms with Crippen LogP contribution in [0.25, 0.3) is 0 Å². The van der Waals surface area contributed by atoms with Gasteiger partial charge in [0.25, 0.3) is 0 Å². The van der Waals surface area contributed by atoms with E-state index in [2.05, 4.69) is 19.2 Å². The number of rotatable bonds is 7. The summed E-state index contributed by atoms with van der Waals surface area (Å²) in [5.41, 5.74) is 0.801. The zero-order chi connectivity index (χ0) is 13.4. The number of carbonyl (C=O) groups is 1. The number of nitrogens with one attached hydrogen (secondary N) is 1. The molecule has 4 heteroatoms. The van der Waals surface area contributed by atoms with Gasteiger partial charge in [-0.1, -0.05) is 26.0 Å². The molecule has 0 spiro atoms. The molecule has 0 saturated heterocycles. The maximum absolute atomic E-state index is 11.6. The Hall–Kier alpha value is -1.55. The smallest absolute Gasteiger partial charge is 0.224 e. The molecule has 0 unspecified atom stereocenters. The Morgan fingerprint density at radius 2 is 2.22 bits per heavy atom. The molecule has 1 aromatic carbocycles. The first-order valence-electron chi connectivity index (χ1n) is 6.20. The third kappa shape index (κ3) is 6.25. The molecule has 0 aromatic heterocycles. The summed E-state index contributed by atoms with van der Waals surface area (Å²) >= 11 is 0. The molecule has 0 saturated carbocycles. The van der Waals surface area contributed by atoms with Crippen molar-refractivity contribution < 1.29 is 14.6 Å². The largest absolute Gasteiger partial charge is 0.508 e. The second-order valence-corrected chi connectivity index (χ2v) is 4.67. The van der Waals surface area contributed by atoms with Crippen molar-refractivity contribution >= 4 is 5.91 Å². The SMILES string of the molecule is CC(C)COCCNC(=O)Cc1cccc(O)c1. The normalized spacial score (nSPS) is 10.6. The lowest BCUT2D eigenvalue weighted by atomic mass is 10.1. The highest BCUT2D eigenvalue weighted by molar-refractivity contribution is 5.78. The molecule has 0 bridgehead atoms. The van der Waals surface area contributed by atoms with Gasteiger partial charge in [0.2, 0.25) is 5.91 Å². The van der Waals surface area contributed by atoms with E-state index in [1.807, 2.05) is 6.07 Å². The number of phenols is 1. The molecule has 0 fully saturated rings. The Balaban J connectivity index is 2.18. The van der Waals surface area contributed by atoms with Gasteiger partial charge in [0.15, 0.2) is 0 Å². The average Bonchev–Trinajstić information content (AvgIpc) is 2.28. The zero-order valence-corrected chi connectivity index (χ0v) is 11.0. The lowest BCUT2D eigenvalue weighted by Gasteiger charge is -2.08. The summed E-state index contributed by atoms with van der Waals surface area (Å²) in [7, 11) is 0. The van der Waals surface area contributed by atoms with E-state index in [0.29, 0.717) is 25.7 Å². The fourth-order valence-electron chi connectivity index (χ4n) is 1.50. The minimum absolute atomic E-state index is 0.0613. The van der Waals surface area contributed by atoms with Gasteiger partial charge in [-0.15, -0.1) is 0 Å². The number of phenolic OH excluding ortho intramolecular Hbond substituents is 1. The molecule has 100 valence electrons. The monoisotopic (exact) mass is 251 g/mol. The Morgan fingerprint density at radius 3 is 2.89 bits per heavy atom. The molecule has 0 aliphatic rings. The van der Waals surface area contributed by atoms with Crippen LogP contribution in [0.5, 0.6) is 5.75 Å². The molecule has 0 atom stereocenters. The quantitative estimate of drug-likeness (QED) is 0.725. The average molecular weight is 251 g/mol. The summed E-state index contributed by atoms with van der Waals surface area (Å²) in [6.07, 6.45) is 0.276. The third-order valence-corrected chi connectivity index (χ3v) is 2.29. The van der Waals surface area contributed by atoms with Crippen molar-refractivity contribution in [2.45, 2.75) is 20.3 Å². The van der Waals surface area contributed by atoms with Gasteiger partial charge in [-0.25, -0.2) is 0 Å². The highest BCUT2D eigenvalue weighted by Crippen LogP contribution is 2.10. The molecule has 2 N–H and O–H groups in total. The topological polar surface area (TPSA) is 58.6 Å². The highest BCUT2D eigenvalue weighted by atomic mass is 16.5. The molecule has 4 nitrogen and oxygen atoms in total. The van der Waals surface area contributed by atoms with Gasteiger partial charge in [0, 0.05) is 13.2 Å². The van der Waals surface area contributed by atoms with Gasteiger partial charge in [0.05, 0.1) is 13.0 Å². The first kappa shape index (κ1) is 14.5. The number of amides is 1. The summed E-state index contributed by atoms with van der Waals surface area (Å²) < 4.78 is 5.36. The summed E-state index contributed by atoms with van der Waals surface area (Å²) in [5.74, 6) is 0.627. The van der Waals surface area contributed by atoms with Crippen LogP contribution in [0, 0.1) is 5.92 Å². The first-order chi connectivity index (χ1) is 8.58. The van der Waals surface area contributed by atoms with E-state index in [1.54, 1.807) is 18.2 Å². The van der Waals surface area contributed by atoms with E-state index in [0.717, 1.165) is 5.56 Å². The molecule has 0 aliphatic heterocycles. The van der Waals surface area contributed by atoms with Gasteiger partial charge >= 0.3 is 0 Å². The Bertz CT molecular complexity index is 377. The maximum atomic E-state index is 11.6. The van der Waals surface area contributed by atoms with Crippen molar-refractivity contribution in [1.82, 2.24) is 5.32 Å². The molecule has 0 radical (unpaired) electrons. The maximum Gasteiger partial charge on any atom is 0.224 e. The van der Waals surface area contributed by atoms with Crippen LogP contribution < -0.4 is 5.32 Å². The minimum atomic E-state index is -0.0613. The summed E-state index contributed by atoms with van der Waals surface area (Å²) in [4.78, 5) is 11.6. The molecular weight excluding hydrogens is 230 g/mol. The summed E-state index contributed by atoms with van der Waals surface area (Å²) in [5, 5.41) is 12.1. The van der Waals surface area contributed by atoms with E-state index < -0.39 is 0 Å². The van der Waals surface area contributed by atoms with Crippen LogP contribution in [0.1, 0.15) is 19.4 Å². The molecule has 0 heterocycles. The van der Waals surface area contributed by atoms with Crippen molar-refractivity contribution in [1.29, 1.82) is 0 Å². The van der Waals surface area contributed by atoms with Crippen LogP contribution in [0.3, 0.4) is 0 Å². The second-order valence-electron chi connectivity index (χ2n) is 4.67. The van der Waals surface area contributed by atoms with Crippen LogP contribution in [0.4, 0.5) is 0 Å². The van der Waals surface area contributed by atoms with E-state index in [4.69, 9.17) is 4.74 Å². The van der Waals surface area contributed by atoms with Crippen LogP contribution >= 0.6 is 0 Å². The third-order valence-electron chi connectivity index (χ3n) is 2.29. The number of ether oxygens (including phenoxy) is 1. The molecule has 18 heavy (non-hydrogen) atoms. The Kier molecular flexibility index (Phi) is 6.22. The predicted molar refractivity (Wildman–Crippen MR) is 70.5 cm³/mol. The molecule has 1 amide bonds. The van der Waals surface area contributed by atoms with Gasteiger partial charge in [0.1, 0.15) is 5.75 Å². The van der Waals surface area contributed by atoms with E-state index in [9.17, 15) is 9.90 Å². The van der Waals surface area contributed by atoms with Gasteiger partial charge in [-0.2, -0.15) is 0 Å². The summed E-state index contributed by atoms with van der Waals surface area (Å²) in [6, 6.07) is 6.72. The minimum Gasteiger partial charge on any atom is -0.508 e. The van der Waals surface area contributed by atoms with E-state index in [1.165, 1.54) is 0 Å². The van der Waals surface area contributed by atoms with E-state index >= 15 is 0 Å². The molecule has 1 aromatic rings. The van der Waals surface area contributed by atoms with Crippen molar-refractivity contribution in [2.24, 2.45) is 5.92 Å². The Morgan fingerprint density at radius 1 is 1.44 bits per heavy atom. The first-order valence-corrected chi connectivity index (χ1v) is 6.20. The number of hydrogen-bond donors (Lipinski definition) is 2. The Labute approximate surface area is 108 Å². The van der Waals surface area contributed by atoms with Crippen molar-refractivity contribution in [2.75, 3.05) is 19.8 Å². The number of benzene rings is 1. The standard InChI is InChI=1S/C14H21NO3/c1-11(2)10-18-7-6-15-14(17)9-12-4-3-5-13(16)8-12/h3-5,8,11,16H,6-7,9-10H2,1-2H3,(H,15,17). The molecular formula is C14H21NO3. The number of aromatic hydroxyl groups is 1. The predicted octanol–water partition coefficient (Wildman–Crippen LogP) is 1.72. The van der Waals surface area contributed by atoms with Gasteiger partial charge < -0.3 is 15.2 Å². The fraction of sp³-hybridized carbons (Fsp3) is 0.500. The molecule has 1 rings (SSSR count). The van der Waals surface area contributed by atoms with Crippen LogP contribution in [-0.4, -0.2) is 30.8 Å². The highest BCUT2D eigenvalue weighted by Gasteiger charge is 2.03. The van der Waals surface area contributed by atoms with Crippen molar-refractivity contribution in [3.8, 4) is 5.75 Å². The van der Waals surface area contributed by atoms with Crippen LogP contribution in [-0.2, 0) is 16.0 Å². The number of hydrogen-bond acceptors (Lipinski definition) is 3. The fourth-order valence-corrected chi connectivity index (χ4v) is 1.50. The van der Waals surface area contributed by atoms with Crippen molar-refractivity contribution in [3.63, 3.8) is 0 Å². The van der Waals surface area contributed by atoms with Crippen LogP contribution in [0.15, 0.2) is 24.3 Å². The van der Waals surface area contributed by atoms with E-state index in [-0.39, 0.29) is 18.1 Å². The van der Waals surface area contributed by atoms with Gasteiger partial charge in [-0.05, 0) is 23.6 Å². The lowest BCUT2D eigenvalue weighted by Crippen LogP contribution is -2.29. The molecule has 0 aliphatic carbocycles.